The molecule has 0 aliphatic carbocycles. The zero-order valence-corrected chi connectivity index (χ0v) is 11.9. The van der Waals surface area contributed by atoms with Crippen molar-refractivity contribution < 1.29 is 0 Å². The van der Waals surface area contributed by atoms with Crippen LogP contribution < -0.4 is 5.32 Å². The predicted octanol–water partition coefficient (Wildman–Crippen LogP) is 3.72. The molecule has 18 heavy (non-hydrogen) atoms. The highest BCUT2D eigenvalue weighted by Crippen LogP contribution is 2.20. The SMILES string of the molecule is CCCNc1nc(C)cn1-c1ccc(SC)cc1. The summed E-state index contributed by atoms with van der Waals surface area (Å²) in [5.41, 5.74) is 2.18. The number of hydrogen-bond donors (Lipinski definition) is 1. The number of aromatic nitrogens is 2. The molecule has 0 fully saturated rings. The van der Waals surface area contributed by atoms with E-state index in [4.69, 9.17) is 0 Å². The van der Waals surface area contributed by atoms with Crippen LogP contribution in [0.25, 0.3) is 5.69 Å². The summed E-state index contributed by atoms with van der Waals surface area (Å²) in [6, 6.07) is 8.53. The van der Waals surface area contributed by atoms with Crippen LogP contribution in [0.15, 0.2) is 35.4 Å². The summed E-state index contributed by atoms with van der Waals surface area (Å²) in [5.74, 6) is 0.922. The standard InChI is InChI=1S/C14H19N3S/c1-4-9-15-14-16-11(2)10-17(14)12-5-7-13(18-3)8-6-12/h5-8,10H,4,9H2,1-3H3,(H,15,16). The van der Waals surface area contributed by atoms with Crippen molar-refractivity contribution in [2.45, 2.75) is 25.2 Å². The minimum Gasteiger partial charge on any atom is -0.355 e. The van der Waals surface area contributed by atoms with E-state index >= 15 is 0 Å². The third-order valence-corrected chi connectivity index (χ3v) is 3.45. The van der Waals surface area contributed by atoms with Gasteiger partial charge in [-0.15, -0.1) is 11.8 Å². The lowest BCUT2D eigenvalue weighted by molar-refractivity contribution is 0.936. The molecule has 0 radical (unpaired) electrons. The van der Waals surface area contributed by atoms with Crippen LogP contribution >= 0.6 is 11.8 Å². The van der Waals surface area contributed by atoms with Crippen molar-refractivity contribution in [3.05, 3.63) is 36.2 Å². The smallest absolute Gasteiger partial charge is 0.207 e. The molecule has 0 spiro atoms. The van der Waals surface area contributed by atoms with E-state index in [1.54, 1.807) is 11.8 Å². The van der Waals surface area contributed by atoms with Crippen molar-refractivity contribution in [3.8, 4) is 5.69 Å². The van der Waals surface area contributed by atoms with Crippen LogP contribution in [0.1, 0.15) is 19.0 Å². The molecule has 2 aromatic rings. The van der Waals surface area contributed by atoms with Crippen molar-refractivity contribution in [2.24, 2.45) is 0 Å². The van der Waals surface area contributed by atoms with Gasteiger partial charge in [0.05, 0.1) is 5.69 Å². The first-order valence-electron chi connectivity index (χ1n) is 6.19. The Morgan fingerprint density at radius 2 is 2.00 bits per heavy atom. The van der Waals surface area contributed by atoms with E-state index in [0.717, 1.165) is 30.3 Å². The van der Waals surface area contributed by atoms with Crippen molar-refractivity contribution in [1.29, 1.82) is 0 Å². The van der Waals surface area contributed by atoms with Gasteiger partial charge in [-0.25, -0.2) is 4.98 Å². The zero-order valence-electron chi connectivity index (χ0n) is 11.1. The maximum absolute atomic E-state index is 4.51. The minimum absolute atomic E-state index is 0.922. The fourth-order valence-corrected chi connectivity index (χ4v) is 2.21. The van der Waals surface area contributed by atoms with E-state index in [-0.39, 0.29) is 0 Å². The summed E-state index contributed by atoms with van der Waals surface area (Å²) in [6.45, 7) is 5.11. The first-order chi connectivity index (χ1) is 8.74. The van der Waals surface area contributed by atoms with Gasteiger partial charge in [0.15, 0.2) is 0 Å². The normalized spacial score (nSPS) is 10.6. The Morgan fingerprint density at radius 1 is 1.28 bits per heavy atom. The summed E-state index contributed by atoms with van der Waals surface area (Å²) in [6.07, 6.45) is 5.24. The Labute approximate surface area is 113 Å². The molecule has 0 saturated heterocycles. The second kappa shape index (κ2) is 5.96. The highest BCUT2D eigenvalue weighted by Gasteiger charge is 2.06. The molecule has 0 atom stereocenters. The number of imidazole rings is 1. The molecule has 1 heterocycles. The quantitative estimate of drug-likeness (QED) is 0.832. The van der Waals surface area contributed by atoms with Gasteiger partial charge in [-0.1, -0.05) is 6.92 Å². The second-order valence-corrected chi connectivity index (χ2v) is 5.08. The molecule has 0 unspecified atom stereocenters. The van der Waals surface area contributed by atoms with E-state index in [1.807, 2.05) is 6.92 Å². The van der Waals surface area contributed by atoms with Crippen molar-refractivity contribution >= 4 is 17.7 Å². The summed E-state index contributed by atoms with van der Waals surface area (Å²) >= 11 is 1.76. The van der Waals surface area contributed by atoms with Gasteiger partial charge >= 0.3 is 0 Å². The molecule has 1 aromatic heterocycles. The number of hydrogen-bond acceptors (Lipinski definition) is 3. The lowest BCUT2D eigenvalue weighted by Crippen LogP contribution is -2.06. The molecule has 0 amide bonds. The van der Waals surface area contributed by atoms with Gasteiger partial charge in [-0.2, -0.15) is 0 Å². The number of benzene rings is 1. The van der Waals surface area contributed by atoms with Gasteiger partial charge in [0.25, 0.3) is 0 Å². The number of nitrogens with zero attached hydrogens (tertiary/aromatic N) is 2. The van der Waals surface area contributed by atoms with E-state index < -0.39 is 0 Å². The van der Waals surface area contributed by atoms with Gasteiger partial charge in [0, 0.05) is 23.3 Å². The third kappa shape index (κ3) is 2.88. The molecule has 0 bridgehead atoms. The highest BCUT2D eigenvalue weighted by molar-refractivity contribution is 7.98. The first kappa shape index (κ1) is 13.0. The summed E-state index contributed by atoms with van der Waals surface area (Å²) < 4.78 is 2.11. The van der Waals surface area contributed by atoms with Crippen LogP contribution in [-0.4, -0.2) is 22.4 Å². The van der Waals surface area contributed by atoms with Crippen LogP contribution in [0.4, 0.5) is 5.95 Å². The lowest BCUT2D eigenvalue weighted by atomic mass is 10.3. The van der Waals surface area contributed by atoms with Gasteiger partial charge in [0.1, 0.15) is 0 Å². The maximum atomic E-state index is 4.51. The lowest BCUT2D eigenvalue weighted by Gasteiger charge is -2.09. The topological polar surface area (TPSA) is 29.9 Å². The van der Waals surface area contributed by atoms with Crippen molar-refractivity contribution in [3.63, 3.8) is 0 Å². The van der Waals surface area contributed by atoms with Crippen LogP contribution in [0.2, 0.25) is 0 Å². The van der Waals surface area contributed by atoms with Crippen molar-refractivity contribution in [2.75, 3.05) is 18.1 Å². The number of anilines is 1. The monoisotopic (exact) mass is 261 g/mol. The Hall–Kier alpha value is -1.42. The van der Waals surface area contributed by atoms with E-state index in [2.05, 4.69) is 58.5 Å². The molecule has 2 rings (SSSR count). The molecule has 1 N–H and O–H groups in total. The second-order valence-electron chi connectivity index (χ2n) is 4.20. The van der Waals surface area contributed by atoms with Crippen LogP contribution in [0, 0.1) is 6.92 Å². The Kier molecular flexibility index (Phi) is 4.31. The molecule has 0 aliphatic rings. The number of nitrogens with one attached hydrogen (secondary N) is 1. The van der Waals surface area contributed by atoms with Crippen LogP contribution in [0.5, 0.6) is 0 Å². The fraction of sp³-hybridized carbons (Fsp3) is 0.357. The van der Waals surface area contributed by atoms with Gasteiger partial charge in [0.2, 0.25) is 5.95 Å². The molecule has 3 nitrogen and oxygen atoms in total. The van der Waals surface area contributed by atoms with Gasteiger partial charge in [-0.05, 0) is 43.9 Å². The molecular formula is C14H19N3S. The average Bonchev–Trinajstić information content (AvgIpc) is 2.77. The van der Waals surface area contributed by atoms with E-state index in [0.29, 0.717) is 0 Å². The van der Waals surface area contributed by atoms with E-state index in [9.17, 15) is 0 Å². The van der Waals surface area contributed by atoms with Crippen LogP contribution in [0.3, 0.4) is 0 Å². The molecule has 1 aromatic carbocycles. The van der Waals surface area contributed by atoms with Crippen molar-refractivity contribution in [1.82, 2.24) is 9.55 Å². The fourth-order valence-electron chi connectivity index (χ4n) is 1.80. The molecule has 96 valence electrons. The number of thioether (sulfide) groups is 1. The predicted molar refractivity (Wildman–Crippen MR) is 78.9 cm³/mol. The summed E-state index contributed by atoms with van der Waals surface area (Å²) in [5, 5.41) is 3.36. The Bertz CT molecular complexity index is 502. The third-order valence-electron chi connectivity index (χ3n) is 2.71. The number of rotatable bonds is 5. The first-order valence-corrected chi connectivity index (χ1v) is 7.41. The zero-order chi connectivity index (χ0) is 13.0. The molecule has 0 saturated carbocycles. The maximum Gasteiger partial charge on any atom is 0.207 e. The average molecular weight is 261 g/mol. The van der Waals surface area contributed by atoms with Crippen LogP contribution in [-0.2, 0) is 0 Å². The largest absolute Gasteiger partial charge is 0.355 e. The number of aryl methyl sites for hydroxylation is 1. The highest BCUT2D eigenvalue weighted by atomic mass is 32.2. The van der Waals surface area contributed by atoms with Gasteiger partial charge < -0.3 is 5.32 Å². The summed E-state index contributed by atoms with van der Waals surface area (Å²) in [7, 11) is 0. The van der Waals surface area contributed by atoms with E-state index in [1.165, 1.54) is 4.90 Å². The molecule has 4 heteroatoms. The Morgan fingerprint density at radius 3 is 2.61 bits per heavy atom. The summed E-state index contributed by atoms with van der Waals surface area (Å²) in [4.78, 5) is 5.79. The minimum atomic E-state index is 0.922. The molecule has 0 aliphatic heterocycles. The Balaban J connectivity index is 2.30. The van der Waals surface area contributed by atoms with Gasteiger partial charge in [-0.3, -0.25) is 4.57 Å². The molecular weight excluding hydrogens is 242 g/mol.